The van der Waals surface area contributed by atoms with E-state index in [1.807, 2.05) is 19.1 Å². The summed E-state index contributed by atoms with van der Waals surface area (Å²) < 4.78 is 34.2. The Morgan fingerprint density at radius 1 is 0.889 bits per heavy atom. The summed E-state index contributed by atoms with van der Waals surface area (Å²) >= 11 is 0. The van der Waals surface area contributed by atoms with Crippen molar-refractivity contribution in [2.75, 3.05) is 35.5 Å². The molecule has 1 aliphatic rings. The van der Waals surface area contributed by atoms with Crippen molar-refractivity contribution in [3.63, 3.8) is 0 Å². The second-order valence-corrected chi connectivity index (χ2v) is 6.16. The average Bonchev–Trinajstić information content (AvgIpc) is 3.01. The highest BCUT2D eigenvalue weighted by Crippen LogP contribution is 2.55. The van der Waals surface area contributed by atoms with E-state index in [9.17, 15) is 5.11 Å². The minimum absolute atomic E-state index is 0.0194. The first kappa shape index (κ1) is 19.3. The van der Waals surface area contributed by atoms with Gasteiger partial charge in [-0.2, -0.15) is 0 Å². The maximum absolute atomic E-state index is 10.2. The van der Waals surface area contributed by atoms with Crippen LogP contribution in [0, 0.1) is 6.92 Å². The van der Waals surface area contributed by atoms with Crippen LogP contribution in [0.25, 0.3) is 0 Å². The number of phenolic OH excluding ortho intramolecular Hbond substituents is 1. The molecule has 0 unspecified atom stereocenters. The number of phenols is 1. The third kappa shape index (κ3) is 2.88. The summed E-state index contributed by atoms with van der Waals surface area (Å²) in [7, 11) is 7.68. The minimum atomic E-state index is -1.38. The number of aryl methyl sites for hydroxylation is 1. The first-order valence-electron chi connectivity index (χ1n) is 8.35. The number of hydrogen-bond donors (Lipinski definition) is 1. The van der Waals surface area contributed by atoms with Gasteiger partial charge in [-0.25, -0.2) is 0 Å². The first-order valence-corrected chi connectivity index (χ1v) is 8.35. The summed E-state index contributed by atoms with van der Waals surface area (Å²) in [5.74, 6) is 0.0875. The molecule has 1 heterocycles. The van der Waals surface area contributed by atoms with E-state index in [1.165, 1.54) is 27.4 Å². The molecule has 1 N–H and O–H groups in total. The number of rotatable bonds is 6. The average molecular weight is 376 g/mol. The van der Waals surface area contributed by atoms with Crippen LogP contribution in [0.5, 0.6) is 23.0 Å². The Balaban J connectivity index is 2.37. The number of hydrogen-bond acceptors (Lipinski definition) is 7. The lowest BCUT2D eigenvalue weighted by Crippen LogP contribution is -2.31. The zero-order chi connectivity index (χ0) is 19.8. The van der Waals surface area contributed by atoms with Gasteiger partial charge in [-0.3, -0.25) is 0 Å². The van der Waals surface area contributed by atoms with Gasteiger partial charge in [0.2, 0.25) is 5.79 Å². The molecule has 2 atom stereocenters. The molecule has 146 valence electrons. The lowest BCUT2D eigenvalue weighted by atomic mass is 9.92. The van der Waals surface area contributed by atoms with Crippen LogP contribution in [0.2, 0.25) is 0 Å². The lowest BCUT2D eigenvalue weighted by molar-refractivity contribution is -0.268. The van der Waals surface area contributed by atoms with Crippen molar-refractivity contribution in [2.45, 2.75) is 19.0 Å². The third-order valence-corrected chi connectivity index (χ3v) is 4.69. The van der Waals surface area contributed by atoms with Gasteiger partial charge in [0.15, 0.2) is 17.8 Å². The number of methoxy groups -OCH3 is 5. The zero-order valence-corrected chi connectivity index (χ0v) is 16.3. The fourth-order valence-corrected chi connectivity index (χ4v) is 3.56. The monoisotopic (exact) mass is 376 g/mol. The normalized spacial score (nSPS) is 21.0. The van der Waals surface area contributed by atoms with Crippen molar-refractivity contribution in [1.82, 2.24) is 0 Å². The Hall–Kier alpha value is -2.48. The highest BCUT2D eigenvalue weighted by molar-refractivity contribution is 5.59. The van der Waals surface area contributed by atoms with Crippen LogP contribution in [0.4, 0.5) is 0 Å². The van der Waals surface area contributed by atoms with Crippen molar-refractivity contribution >= 4 is 0 Å². The second kappa shape index (κ2) is 7.26. The Morgan fingerprint density at radius 2 is 1.59 bits per heavy atom. The highest BCUT2D eigenvalue weighted by atomic mass is 16.8. The fourth-order valence-electron chi connectivity index (χ4n) is 3.56. The van der Waals surface area contributed by atoms with Gasteiger partial charge in [-0.05, 0) is 30.7 Å². The predicted octanol–water partition coefficient (Wildman–Crippen LogP) is 3.25. The minimum Gasteiger partial charge on any atom is -0.508 e. The number of ether oxygens (including phenoxy) is 6. The quantitative estimate of drug-likeness (QED) is 0.829. The molecule has 0 fully saturated rings. The van der Waals surface area contributed by atoms with E-state index in [4.69, 9.17) is 28.4 Å². The van der Waals surface area contributed by atoms with Gasteiger partial charge in [0, 0.05) is 25.8 Å². The molecular formula is C20H24O7. The van der Waals surface area contributed by atoms with Gasteiger partial charge in [-0.15, -0.1) is 0 Å². The van der Waals surface area contributed by atoms with Crippen molar-refractivity contribution in [3.05, 3.63) is 46.5 Å². The van der Waals surface area contributed by atoms with Crippen LogP contribution >= 0.6 is 0 Å². The Labute approximate surface area is 158 Å². The molecule has 2 aromatic rings. The van der Waals surface area contributed by atoms with E-state index in [-0.39, 0.29) is 5.75 Å². The standard InChI is InChI=1S/C20H24O7/c1-11-7-14(18(24-4)16(8-11)23-3)20(26-6)13-9-12(21)10-15(22-2)17(13)19(25-5)27-20/h7-10,19,21H,1-6H3/t19-,20+/m1/s1. The highest BCUT2D eigenvalue weighted by Gasteiger charge is 2.51. The largest absolute Gasteiger partial charge is 0.508 e. The Morgan fingerprint density at radius 3 is 2.15 bits per heavy atom. The molecule has 7 nitrogen and oxygen atoms in total. The first-order chi connectivity index (χ1) is 12.9. The Bertz CT molecular complexity index is 849. The summed E-state index contributed by atoms with van der Waals surface area (Å²) in [6.07, 6.45) is -0.758. The predicted molar refractivity (Wildman–Crippen MR) is 97.6 cm³/mol. The summed E-state index contributed by atoms with van der Waals surface area (Å²) in [5.41, 5.74) is 2.73. The number of benzene rings is 2. The Kier molecular flexibility index (Phi) is 5.19. The molecule has 0 saturated heterocycles. The third-order valence-electron chi connectivity index (χ3n) is 4.69. The van der Waals surface area contributed by atoms with E-state index >= 15 is 0 Å². The van der Waals surface area contributed by atoms with E-state index in [1.54, 1.807) is 20.3 Å². The van der Waals surface area contributed by atoms with Gasteiger partial charge in [-0.1, -0.05) is 0 Å². The number of aromatic hydroxyl groups is 1. The maximum atomic E-state index is 10.2. The molecule has 0 saturated carbocycles. The van der Waals surface area contributed by atoms with Crippen LogP contribution in [0.1, 0.15) is 28.5 Å². The van der Waals surface area contributed by atoms with Crippen LogP contribution in [-0.2, 0) is 20.0 Å². The van der Waals surface area contributed by atoms with E-state index in [0.29, 0.717) is 33.9 Å². The summed E-state index contributed by atoms with van der Waals surface area (Å²) in [6.45, 7) is 1.93. The summed E-state index contributed by atoms with van der Waals surface area (Å²) in [4.78, 5) is 0. The molecule has 3 rings (SSSR count). The SMILES string of the molecule is COc1cc(C)cc([C@@]2(OC)O[C@@H](OC)c3c(OC)cc(O)cc32)c1OC. The molecule has 0 spiro atoms. The van der Waals surface area contributed by atoms with Crippen LogP contribution < -0.4 is 14.2 Å². The van der Waals surface area contributed by atoms with E-state index in [2.05, 4.69) is 0 Å². The van der Waals surface area contributed by atoms with Crippen molar-refractivity contribution in [3.8, 4) is 23.0 Å². The zero-order valence-electron chi connectivity index (χ0n) is 16.3. The van der Waals surface area contributed by atoms with Crippen LogP contribution in [-0.4, -0.2) is 40.7 Å². The van der Waals surface area contributed by atoms with E-state index < -0.39 is 12.1 Å². The van der Waals surface area contributed by atoms with Gasteiger partial charge in [0.05, 0.1) is 32.5 Å². The van der Waals surface area contributed by atoms with Crippen molar-refractivity contribution in [2.24, 2.45) is 0 Å². The molecule has 0 bridgehead atoms. The molecule has 2 aromatic carbocycles. The van der Waals surface area contributed by atoms with Gasteiger partial charge >= 0.3 is 0 Å². The molecule has 0 aromatic heterocycles. The molecule has 0 aliphatic carbocycles. The van der Waals surface area contributed by atoms with Gasteiger partial charge in [0.25, 0.3) is 0 Å². The number of fused-ring (bicyclic) bond motifs is 1. The molecular weight excluding hydrogens is 352 g/mol. The molecule has 1 aliphatic heterocycles. The van der Waals surface area contributed by atoms with Gasteiger partial charge in [0.1, 0.15) is 11.5 Å². The smallest absolute Gasteiger partial charge is 0.229 e. The van der Waals surface area contributed by atoms with Crippen molar-refractivity contribution < 1.29 is 33.5 Å². The van der Waals surface area contributed by atoms with Crippen molar-refractivity contribution in [1.29, 1.82) is 0 Å². The molecule has 0 radical (unpaired) electrons. The molecule has 7 heteroatoms. The second-order valence-electron chi connectivity index (χ2n) is 6.16. The topological polar surface area (TPSA) is 75.6 Å². The maximum Gasteiger partial charge on any atom is 0.229 e. The lowest BCUT2D eigenvalue weighted by Gasteiger charge is -2.31. The molecule has 0 amide bonds. The summed E-state index contributed by atoms with van der Waals surface area (Å²) in [5, 5.41) is 10.2. The fraction of sp³-hybridized carbons (Fsp3) is 0.400. The summed E-state index contributed by atoms with van der Waals surface area (Å²) in [6, 6.07) is 6.84. The van der Waals surface area contributed by atoms with Crippen LogP contribution in [0.3, 0.4) is 0 Å². The van der Waals surface area contributed by atoms with Crippen LogP contribution in [0.15, 0.2) is 24.3 Å². The molecule has 27 heavy (non-hydrogen) atoms. The van der Waals surface area contributed by atoms with Gasteiger partial charge < -0.3 is 33.5 Å². The van der Waals surface area contributed by atoms with E-state index in [0.717, 1.165) is 5.56 Å².